The highest BCUT2D eigenvalue weighted by Gasteiger charge is 2.26. The minimum atomic E-state index is -1.15. The van der Waals surface area contributed by atoms with Crippen molar-refractivity contribution in [1.29, 1.82) is 0 Å². The van der Waals surface area contributed by atoms with Gasteiger partial charge >= 0.3 is 12.1 Å². The third-order valence-electron chi connectivity index (χ3n) is 6.57. The second-order valence-corrected chi connectivity index (χ2v) is 10.2. The SMILES string of the molecule is CC(=O)CC(=O)CN=[N+]=[N-].COc1ccc(OC(=O)N(CC(=O)O)[C@@H](C)c2cccc(OCCc3coc(-c4ccccc4)n3)c2)cc1. The molecule has 0 saturated heterocycles. The number of carbonyl (C=O) groups is 4. The Morgan fingerprint density at radius 3 is 2.35 bits per heavy atom. The molecule has 0 bridgehead atoms. The summed E-state index contributed by atoms with van der Waals surface area (Å²) in [5, 5.41) is 12.4. The number of oxazole rings is 1. The van der Waals surface area contributed by atoms with Crippen LogP contribution in [0.3, 0.4) is 0 Å². The number of benzene rings is 3. The zero-order valence-electron chi connectivity index (χ0n) is 26.6. The molecule has 0 unspecified atom stereocenters. The Hall–Kier alpha value is -6.14. The Balaban J connectivity index is 0.000000542. The van der Waals surface area contributed by atoms with Crippen LogP contribution in [0.2, 0.25) is 0 Å². The van der Waals surface area contributed by atoms with Gasteiger partial charge < -0.3 is 23.7 Å². The van der Waals surface area contributed by atoms with Crippen LogP contribution in [0, 0.1) is 0 Å². The smallest absolute Gasteiger partial charge is 0.416 e. The highest BCUT2D eigenvalue weighted by Crippen LogP contribution is 2.26. The van der Waals surface area contributed by atoms with Crippen molar-refractivity contribution < 1.29 is 42.9 Å². The predicted molar refractivity (Wildman–Crippen MR) is 174 cm³/mol. The van der Waals surface area contributed by atoms with E-state index in [1.54, 1.807) is 61.7 Å². The maximum absolute atomic E-state index is 12.9. The number of nitrogens with zero attached hydrogens (tertiary/aromatic N) is 5. The fraction of sp³-hybridized carbons (Fsp3) is 0.265. The number of carbonyl (C=O) groups excluding carboxylic acids is 3. The summed E-state index contributed by atoms with van der Waals surface area (Å²) in [6.45, 7) is 2.65. The number of rotatable bonds is 15. The summed E-state index contributed by atoms with van der Waals surface area (Å²) >= 11 is 0. The van der Waals surface area contributed by atoms with Crippen LogP contribution in [0.25, 0.3) is 21.9 Å². The Labute approximate surface area is 276 Å². The molecule has 1 atom stereocenters. The van der Waals surface area contributed by atoms with Gasteiger partial charge in [0.25, 0.3) is 0 Å². The van der Waals surface area contributed by atoms with Crippen LogP contribution in [0.4, 0.5) is 4.79 Å². The van der Waals surface area contributed by atoms with Gasteiger partial charge in [-0.25, -0.2) is 9.78 Å². The molecule has 0 fully saturated rings. The number of carboxylic acid groups (broad SMARTS) is 1. The van der Waals surface area contributed by atoms with Crippen LogP contribution in [-0.2, 0) is 20.8 Å². The molecule has 0 spiro atoms. The topological polar surface area (TPSA) is 194 Å². The molecule has 1 heterocycles. The van der Waals surface area contributed by atoms with Gasteiger partial charge in [0.2, 0.25) is 5.89 Å². The number of aliphatic carboxylic acids is 1. The predicted octanol–water partition coefficient (Wildman–Crippen LogP) is 6.46. The van der Waals surface area contributed by atoms with Gasteiger partial charge in [-0.3, -0.25) is 19.3 Å². The Bertz CT molecular complexity index is 1710. The largest absolute Gasteiger partial charge is 0.497 e. The fourth-order valence-corrected chi connectivity index (χ4v) is 4.21. The normalized spacial score (nSPS) is 10.7. The van der Waals surface area contributed by atoms with Crippen LogP contribution in [0.15, 0.2) is 94.7 Å². The van der Waals surface area contributed by atoms with Crippen molar-refractivity contribution in [2.75, 3.05) is 26.8 Å². The quantitative estimate of drug-likeness (QED) is 0.0641. The maximum atomic E-state index is 12.9. The first-order valence-corrected chi connectivity index (χ1v) is 14.7. The number of hydrogen-bond acceptors (Lipinski definition) is 10. The highest BCUT2D eigenvalue weighted by molar-refractivity contribution is 5.98. The molecule has 48 heavy (non-hydrogen) atoms. The summed E-state index contributed by atoms with van der Waals surface area (Å²) in [4.78, 5) is 53.2. The summed E-state index contributed by atoms with van der Waals surface area (Å²) < 4.78 is 22.0. The van der Waals surface area contributed by atoms with Gasteiger partial charge in [-0.05, 0) is 73.5 Å². The number of hydrogen-bond donors (Lipinski definition) is 1. The molecule has 4 rings (SSSR count). The average molecular weight is 658 g/mol. The summed E-state index contributed by atoms with van der Waals surface area (Å²) in [6.07, 6.45) is 1.23. The van der Waals surface area contributed by atoms with Crippen LogP contribution in [0.5, 0.6) is 17.2 Å². The lowest BCUT2D eigenvalue weighted by atomic mass is 10.1. The van der Waals surface area contributed by atoms with Crippen LogP contribution in [0.1, 0.15) is 37.6 Å². The summed E-state index contributed by atoms with van der Waals surface area (Å²) in [5.41, 5.74) is 10.1. The van der Waals surface area contributed by atoms with E-state index in [9.17, 15) is 24.3 Å². The molecule has 250 valence electrons. The van der Waals surface area contributed by atoms with E-state index in [-0.39, 0.29) is 30.3 Å². The van der Waals surface area contributed by atoms with Crippen molar-refractivity contribution in [2.45, 2.75) is 32.7 Å². The maximum Gasteiger partial charge on any atom is 0.416 e. The van der Waals surface area contributed by atoms with E-state index in [4.69, 9.17) is 24.2 Å². The minimum absolute atomic E-state index is 0.140. The van der Waals surface area contributed by atoms with Crippen LogP contribution in [-0.4, -0.2) is 65.4 Å². The van der Waals surface area contributed by atoms with E-state index in [2.05, 4.69) is 15.0 Å². The van der Waals surface area contributed by atoms with E-state index in [0.29, 0.717) is 36.0 Å². The molecule has 0 aliphatic rings. The molecule has 0 radical (unpaired) electrons. The van der Waals surface area contributed by atoms with Crippen LogP contribution >= 0.6 is 0 Å². The molecule has 0 saturated carbocycles. The number of ether oxygens (including phenoxy) is 3. The lowest BCUT2D eigenvalue weighted by Gasteiger charge is -2.27. The molecule has 1 N–H and O–H groups in total. The first-order valence-electron chi connectivity index (χ1n) is 14.7. The van der Waals surface area contributed by atoms with Gasteiger partial charge in [0, 0.05) is 16.9 Å². The van der Waals surface area contributed by atoms with Gasteiger partial charge in [0.1, 0.15) is 41.6 Å². The average Bonchev–Trinajstić information content (AvgIpc) is 3.56. The monoisotopic (exact) mass is 657 g/mol. The van der Waals surface area contributed by atoms with Crippen LogP contribution < -0.4 is 14.2 Å². The molecule has 0 aliphatic heterocycles. The van der Waals surface area contributed by atoms with Crippen molar-refractivity contribution in [3.05, 3.63) is 107 Å². The van der Waals surface area contributed by atoms with E-state index < -0.39 is 24.6 Å². The zero-order valence-corrected chi connectivity index (χ0v) is 26.6. The van der Waals surface area contributed by atoms with Gasteiger partial charge in [0.05, 0.1) is 38.4 Å². The van der Waals surface area contributed by atoms with Crippen molar-refractivity contribution >= 4 is 23.6 Å². The lowest BCUT2D eigenvalue weighted by Crippen LogP contribution is -2.39. The third-order valence-corrected chi connectivity index (χ3v) is 6.57. The van der Waals surface area contributed by atoms with Gasteiger partial charge in [0.15, 0.2) is 0 Å². The summed E-state index contributed by atoms with van der Waals surface area (Å²) in [6, 6.07) is 22.7. The second-order valence-electron chi connectivity index (χ2n) is 10.2. The molecule has 14 heteroatoms. The molecule has 1 amide bonds. The molecular formula is C34H35N5O9. The van der Waals surface area contributed by atoms with E-state index >= 15 is 0 Å². The minimum Gasteiger partial charge on any atom is -0.497 e. The second kappa shape index (κ2) is 18.7. The van der Waals surface area contributed by atoms with Crippen molar-refractivity contribution in [3.63, 3.8) is 0 Å². The summed E-state index contributed by atoms with van der Waals surface area (Å²) in [7, 11) is 1.53. The Morgan fingerprint density at radius 1 is 1.00 bits per heavy atom. The van der Waals surface area contributed by atoms with Crippen molar-refractivity contribution in [1.82, 2.24) is 9.88 Å². The highest BCUT2D eigenvalue weighted by atomic mass is 16.6. The summed E-state index contributed by atoms with van der Waals surface area (Å²) in [5.74, 6) is 0.314. The third kappa shape index (κ3) is 12.0. The number of azide groups is 1. The lowest BCUT2D eigenvalue weighted by molar-refractivity contribution is -0.138. The number of methoxy groups -OCH3 is 1. The zero-order chi connectivity index (χ0) is 34.9. The van der Waals surface area contributed by atoms with E-state index in [1.807, 2.05) is 30.3 Å². The Morgan fingerprint density at radius 2 is 1.71 bits per heavy atom. The molecule has 1 aromatic heterocycles. The van der Waals surface area contributed by atoms with Gasteiger partial charge in [-0.1, -0.05) is 35.4 Å². The number of carboxylic acids is 1. The number of Topliss-reactive ketones (excluding diaryl/α,β-unsaturated/α-hetero) is 2. The number of aromatic nitrogens is 1. The van der Waals surface area contributed by atoms with Crippen molar-refractivity contribution in [3.8, 4) is 28.7 Å². The number of amides is 1. The molecular weight excluding hydrogens is 622 g/mol. The Kier molecular flexibility index (Phi) is 14.2. The van der Waals surface area contributed by atoms with Gasteiger partial charge in [-0.2, -0.15) is 0 Å². The van der Waals surface area contributed by atoms with Crippen molar-refractivity contribution in [2.24, 2.45) is 5.11 Å². The molecule has 3 aromatic carbocycles. The van der Waals surface area contributed by atoms with Gasteiger partial charge in [-0.15, -0.1) is 0 Å². The van der Waals surface area contributed by atoms with E-state index in [1.165, 1.54) is 14.0 Å². The standard InChI is InChI=1S/C29H28N2O7.C5H7N3O2/c1-20(31(18-27(32)33)29(34)38-25-13-11-24(35-2)12-14-25)22-9-6-10-26(17-22)36-16-15-23-19-37-28(30-23)21-7-4-3-5-8-21;1-4(9)2-5(10)3-7-8-6/h3-14,17,19-20H,15-16,18H2,1-2H3,(H,32,33);2-3H2,1H3/t20-;/m0./s1. The first-order chi connectivity index (χ1) is 23.1. The number of ketones is 2. The first kappa shape index (κ1) is 36.3. The van der Waals surface area contributed by atoms with E-state index in [0.717, 1.165) is 16.2 Å². The molecule has 14 nitrogen and oxygen atoms in total. The molecule has 4 aromatic rings. The molecule has 0 aliphatic carbocycles. The fourth-order valence-electron chi connectivity index (χ4n) is 4.21.